The maximum Gasteiger partial charge on any atom is 0.0725 e. The quantitative estimate of drug-likeness (QED) is 0.551. The van der Waals surface area contributed by atoms with Crippen LogP contribution in [0, 0.1) is 0 Å². The Kier molecular flexibility index (Phi) is 2.16. The third kappa shape index (κ3) is 1.52. The van der Waals surface area contributed by atoms with Crippen molar-refractivity contribution >= 4 is 0 Å². The Balaban J connectivity index is 2.87. The van der Waals surface area contributed by atoms with Gasteiger partial charge in [-0.3, -0.25) is 0 Å². The van der Waals surface area contributed by atoms with Gasteiger partial charge in [0.15, 0.2) is 0 Å². The van der Waals surface area contributed by atoms with Gasteiger partial charge in [-0.25, -0.2) is 0 Å². The summed E-state index contributed by atoms with van der Waals surface area (Å²) in [5.41, 5.74) is 6.61. The molecule has 3 N–H and O–H groups in total. The number of hydrogen-bond donors (Lipinski definition) is 2. The average molecular weight is 153 g/mol. The standard InChI is InChI=1S/C9H15NO/c1-3-9(10)5-4-8(11)6-7(9)2/h3,6,8,11H,1,4-5,10H2,2H3/t8-,9?/m0/s1. The molecule has 0 aromatic heterocycles. The molecular formula is C9H15NO. The van der Waals surface area contributed by atoms with Crippen molar-refractivity contribution in [3.63, 3.8) is 0 Å². The van der Waals surface area contributed by atoms with Crippen molar-refractivity contribution < 1.29 is 5.11 Å². The summed E-state index contributed by atoms with van der Waals surface area (Å²) >= 11 is 0. The van der Waals surface area contributed by atoms with E-state index in [1.165, 1.54) is 0 Å². The first kappa shape index (κ1) is 8.50. The van der Waals surface area contributed by atoms with E-state index in [9.17, 15) is 5.11 Å². The van der Waals surface area contributed by atoms with Crippen LogP contribution in [0.25, 0.3) is 0 Å². The molecule has 0 bridgehead atoms. The smallest absolute Gasteiger partial charge is 0.0725 e. The lowest BCUT2D eigenvalue weighted by Gasteiger charge is -2.32. The van der Waals surface area contributed by atoms with Crippen LogP contribution >= 0.6 is 0 Å². The van der Waals surface area contributed by atoms with Crippen LogP contribution in [0.4, 0.5) is 0 Å². The van der Waals surface area contributed by atoms with E-state index < -0.39 is 0 Å². The zero-order valence-corrected chi connectivity index (χ0v) is 6.88. The molecule has 0 spiro atoms. The number of aliphatic hydroxyl groups is 1. The van der Waals surface area contributed by atoms with Crippen molar-refractivity contribution in [2.45, 2.75) is 31.4 Å². The Bertz CT molecular complexity index is 198. The van der Waals surface area contributed by atoms with E-state index in [-0.39, 0.29) is 11.6 Å². The molecule has 0 saturated carbocycles. The summed E-state index contributed by atoms with van der Waals surface area (Å²) in [4.78, 5) is 0. The highest BCUT2D eigenvalue weighted by molar-refractivity contribution is 5.28. The predicted molar refractivity (Wildman–Crippen MR) is 46.1 cm³/mol. The van der Waals surface area contributed by atoms with Gasteiger partial charge in [0.25, 0.3) is 0 Å². The minimum absolute atomic E-state index is 0.313. The summed E-state index contributed by atoms with van der Waals surface area (Å²) < 4.78 is 0. The summed E-state index contributed by atoms with van der Waals surface area (Å²) in [6.07, 6.45) is 4.78. The number of rotatable bonds is 1. The molecule has 2 heteroatoms. The normalized spacial score (nSPS) is 38.1. The minimum atomic E-state index is -0.376. The highest BCUT2D eigenvalue weighted by atomic mass is 16.3. The van der Waals surface area contributed by atoms with Gasteiger partial charge in [0, 0.05) is 0 Å². The van der Waals surface area contributed by atoms with Crippen molar-refractivity contribution in [2.24, 2.45) is 5.73 Å². The molecule has 2 nitrogen and oxygen atoms in total. The molecule has 11 heavy (non-hydrogen) atoms. The van der Waals surface area contributed by atoms with Gasteiger partial charge in [0.1, 0.15) is 0 Å². The van der Waals surface area contributed by atoms with E-state index in [1.54, 1.807) is 6.08 Å². The van der Waals surface area contributed by atoms with Gasteiger partial charge in [0.2, 0.25) is 0 Å². The molecule has 1 aliphatic carbocycles. The summed E-state index contributed by atoms with van der Waals surface area (Å²) in [5, 5.41) is 9.24. The van der Waals surface area contributed by atoms with E-state index in [0.29, 0.717) is 0 Å². The molecule has 0 amide bonds. The molecule has 0 heterocycles. The summed E-state index contributed by atoms with van der Waals surface area (Å²) in [5.74, 6) is 0. The number of hydrogen-bond acceptors (Lipinski definition) is 2. The van der Waals surface area contributed by atoms with E-state index in [4.69, 9.17) is 5.73 Å². The number of aliphatic hydroxyl groups excluding tert-OH is 1. The molecule has 1 aliphatic rings. The lowest BCUT2D eigenvalue weighted by molar-refractivity contribution is 0.191. The molecule has 0 radical (unpaired) electrons. The van der Waals surface area contributed by atoms with Crippen LogP contribution in [0.1, 0.15) is 19.8 Å². The largest absolute Gasteiger partial charge is 0.389 e. The molecule has 0 saturated heterocycles. The van der Waals surface area contributed by atoms with Crippen molar-refractivity contribution in [1.29, 1.82) is 0 Å². The first-order valence-corrected chi connectivity index (χ1v) is 3.88. The Morgan fingerprint density at radius 2 is 2.55 bits per heavy atom. The molecule has 62 valence electrons. The van der Waals surface area contributed by atoms with Crippen molar-refractivity contribution in [3.8, 4) is 0 Å². The predicted octanol–water partition coefficient (Wildman–Crippen LogP) is 0.971. The zero-order chi connectivity index (χ0) is 8.48. The average Bonchev–Trinajstić information content (AvgIpc) is 1.98. The molecule has 0 fully saturated rings. The van der Waals surface area contributed by atoms with E-state index in [2.05, 4.69) is 6.58 Å². The van der Waals surface area contributed by atoms with Crippen molar-refractivity contribution in [3.05, 3.63) is 24.3 Å². The lowest BCUT2D eigenvalue weighted by atomic mass is 9.81. The van der Waals surface area contributed by atoms with Gasteiger partial charge in [-0.1, -0.05) is 17.7 Å². The second kappa shape index (κ2) is 2.80. The van der Waals surface area contributed by atoms with Crippen LogP contribution in [0.15, 0.2) is 24.3 Å². The Morgan fingerprint density at radius 3 is 3.00 bits per heavy atom. The van der Waals surface area contributed by atoms with Crippen molar-refractivity contribution in [2.75, 3.05) is 0 Å². The molecule has 0 aliphatic heterocycles. The molecule has 0 aromatic rings. The van der Waals surface area contributed by atoms with Crippen molar-refractivity contribution in [1.82, 2.24) is 0 Å². The molecule has 0 aromatic carbocycles. The Morgan fingerprint density at radius 1 is 1.91 bits per heavy atom. The number of nitrogens with two attached hydrogens (primary N) is 1. The maximum absolute atomic E-state index is 9.24. The van der Waals surface area contributed by atoms with Crippen LogP contribution in [-0.4, -0.2) is 16.7 Å². The first-order valence-electron chi connectivity index (χ1n) is 3.88. The first-order chi connectivity index (χ1) is 5.08. The van der Waals surface area contributed by atoms with Gasteiger partial charge in [-0.2, -0.15) is 0 Å². The van der Waals surface area contributed by atoms with Crippen LogP contribution in [0.2, 0.25) is 0 Å². The van der Waals surface area contributed by atoms with Gasteiger partial charge < -0.3 is 10.8 Å². The van der Waals surface area contributed by atoms with Crippen LogP contribution in [-0.2, 0) is 0 Å². The fraction of sp³-hybridized carbons (Fsp3) is 0.556. The third-order valence-corrected chi connectivity index (χ3v) is 2.39. The topological polar surface area (TPSA) is 46.2 Å². The lowest BCUT2D eigenvalue weighted by Crippen LogP contribution is -2.42. The zero-order valence-electron chi connectivity index (χ0n) is 6.88. The van der Waals surface area contributed by atoms with Gasteiger partial charge in [-0.05, 0) is 19.8 Å². The second-order valence-electron chi connectivity index (χ2n) is 3.20. The molecule has 2 atom stereocenters. The summed E-state index contributed by atoms with van der Waals surface area (Å²) in [6, 6.07) is 0. The molecule has 1 unspecified atom stereocenters. The Labute approximate surface area is 67.4 Å². The highest BCUT2D eigenvalue weighted by Gasteiger charge is 2.27. The van der Waals surface area contributed by atoms with Gasteiger partial charge in [-0.15, -0.1) is 6.58 Å². The maximum atomic E-state index is 9.24. The fourth-order valence-corrected chi connectivity index (χ4v) is 1.37. The Hall–Kier alpha value is -0.600. The van der Waals surface area contributed by atoms with Crippen LogP contribution < -0.4 is 5.73 Å². The van der Waals surface area contributed by atoms with Crippen LogP contribution in [0.3, 0.4) is 0 Å². The van der Waals surface area contributed by atoms with E-state index >= 15 is 0 Å². The van der Waals surface area contributed by atoms with E-state index in [0.717, 1.165) is 18.4 Å². The minimum Gasteiger partial charge on any atom is -0.389 e. The molecule has 1 rings (SSSR count). The van der Waals surface area contributed by atoms with Gasteiger partial charge in [0.05, 0.1) is 11.6 Å². The monoisotopic (exact) mass is 153 g/mol. The summed E-state index contributed by atoms with van der Waals surface area (Å²) in [6.45, 7) is 5.62. The van der Waals surface area contributed by atoms with Crippen LogP contribution in [0.5, 0.6) is 0 Å². The summed E-state index contributed by atoms with van der Waals surface area (Å²) in [7, 11) is 0. The SMILES string of the molecule is C=CC1(N)CC[C@H](O)C=C1C. The molecular weight excluding hydrogens is 138 g/mol. The fourth-order valence-electron chi connectivity index (χ4n) is 1.37. The third-order valence-electron chi connectivity index (χ3n) is 2.39. The highest BCUT2D eigenvalue weighted by Crippen LogP contribution is 2.27. The second-order valence-corrected chi connectivity index (χ2v) is 3.20. The van der Waals surface area contributed by atoms with E-state index in [1.807, 2.05) is 13.0 Å². The van der Waals surface area contributed by atoms with Gasteiger partial charge >= 0.3 is 0 Å².